The Morgan fingerprint density at radius 3 is 2.14 bits per heavy atom. The van der Waals surface area contributed by atoms with Crippen LogP contribution in [0.4, 0.5) is 17.1 Å². The lowest BCUT2D eigenvalue weighted by molar-refractivity contribution is -0.384. The number of aromatic nitrogens is 2. The van der Waals surface area contributed by atoms with E-state index >= 15 is 0 Å². The lowest BCUT2D eigenvalue weighted by Gasteiger charge is -2.22. The highest BCUT2D eigenvalue weighted by atomic mass is 16.6. The molecule has 0 atom stereocenters. The van der Waals surface area contributed by atoms with Gasteiger partial charge in [-0.2, -0.15) is 0 Å². The fourth-order valence-corrected chi connectivity index (χ4v) is 3.82. The first-order valence-electron chi connectivity index (χ1n) is 11.3. The lowest BCUT2D eigenvalue weighted by Crippen LogP contribution is -2.31. The summed E-state index contributed by atoms with van der Waals surface area (Å²) in [4.78, 5) is 26.2. The van der Waals surface area contributed by atoms with E-state index in [0.29, 0.717) is 31.2 Å². The van der Waals surface area contributed by atoms with Crippen molar-refractivity contribution in [3.05, 3.63) is 116 Å². The van der Waals surface area contributed by atoms with E-state index in [1.165, 1.54) is 23.9 Å². The molecule has 0 fully saturated rings. The van der Waals surface area contributed by atoms with Crippen LogP contribution in [0.15, 0.2) is 93.9 Å². The largest absolute Gasteiger partial charge is 0.496 e. The van der Waals surface area contributed by atoms with Crippen LogP contribution in [-0.2, 0) is 19.8 Å². The molecule has 10 heteroatoms. The third-order valence-electron chi connectivity index (χ3n) is 5.58. The number of azo groups is 1. The topological polar surface area (TPSA) is 118 Å². The molecule has 0 aliphatic heterocycles. The number of ether oxygens (including phenoxy) is 1. The molecule has 1 N–H and O–H groups in total. The van der Waals surface area contributed by atoms with E-state index in [-0.39, 0.29) is 22.6 Å². The molecule has 0 saturated carbocycles. The average Bonchev–Trinajstić information content (AvgIpc) is 3.15. The molecule has 10 nitrogen and oxygen atoms in total. The Labute approximate surface area is 207 Å². The molecule has 0 aliphatic carbocycles. The van der Waals surface area contributed by atoms with Gasteiger partial charge in [0.2, 0.25) is 0 Å². The molecular formula is C26H26N6O4. The van der Waals surface area contributed by atoms with E-state index in [1.54, 1.807) is 13.0 Å². The van der Waals surface area contributed by atoms with Crippen molar-refractivity contribution in [2.24, 2.45) is 10.2 Å². The van der Waals surface area contributed by atoms with Crippen LogP contribution >= 0.6 is 0 Å². The molecule has 0 saturated heterocycles. The number of benzene rings is 3. The Balaban J connectivity index is 1.60. The molecular weight excluding hydrogens is 460 g/mol. The van der Waals surface area contributed by atoms with Crippen molar-refractivity contribution in [3.63, 3.8) is 0 Å². The van der Waals surface area contributed by atoms with Crippen LogP contribution in [0, 0.1) is 17.0 Å². The number of aromatic amines is 1. The number of methoxy groups -OCH3 is 1. The molecule has 0 amide bonds. The summed E-state index contributed by atoms with van der Waals surface area (Å²) in [5.74, 6) is 0.331. The maximum absolute atomic E-state index is 13.2. The summed E-state index contributed by atoms with van der Waals surface area (Å²) in [7, 11) is 1.42. The van der Waals surface area contributed by atoms with Gasteiger partial charge in [0.05, 0.1) is 30.5 Å². The van der Waals surface area contributed by atoms with E-state index in [9.17, 15) is 14.9 Å². The highest BCUT2D eigenvalue weighted by molar-refractivity contribution is 5.60. The third-order valence-corrected chi connectivity index (χ3v) is 5.58. The number of aryl methyl sites for hydroxylation is 1. The SMILES string of the molecule is COc1ccc(N=Nc2c(C)[nH]n(CN(Cc3ccccc3)Cc3ccccc3)c2=O)c([N+](=O)[O-])c1. The van der Waals surface area contributed by atoms with E-state index in [4.69, 9.17) is 4.74 Å². The van der Waals surface area contributed by atoms with Gasteiger partial charge in [0.1, 0.15) is 5.75 Å². The lowest BCUT2D eigenvalue weighted by atomic mass is 10.2. The molecule has 0 radical (unpaired) electrons. The Morgan fingerprint density at radius 1 is 0.972 bits per heavy atom. The fraction of sp³-hybridized carbons (Fsp3) is 0.192. The number of nitro groups is 1. The summed E-state index contributed by atoms with van der Waals surface area (Å²) < 4.78 is 6.52. The molecule has 1 heterocycles. The molecule has 0 unspecified atom stereocenters. The van der Waals surface area contributed by atoms with Gasteiger partial charge in [-0.1, -0.05) is 60.7 Å². The second-order valence-corrected chi connectivity index (χ2v) is 8.23. The Bertz CT molecular complexity index is 1370. The number of hydrogen-bond donors (Lipinski definition) is 1. The van der Waals surface area contributed by atoms with Crippen LogP contribution in [0.3, 0.4) is 0 Å². The van der Waals surface area contributed by atoms with Crippen molar-refractivity contribution in [1.29, 1.82) is 0 Å². The third kappa shape index (κ3) is 5.91. The van der Waals surface area contributed by atoms with Crippen molar-refractivity contribution < 1.29 is 9.66 Å². The van der Waals surface area contributed by atoms with Crippen LogP contribution in [0.2, 0.25) is 0 Å². The van der Waals surface area contributed by atoms with Gasteiger partial charge in [-0.15, -0.1) is 10.2 Å². The zero-order valence-electron chi connectivity index (χ0n) is 20.0. The average molecular weight is 487 g/mol. The number of rotatable bonds is 10. The maximum Gasteiger partial charge on any atom is 0.300 e. The molecule has 3 aromatic carbocycles. The van der Waals surface area contributed by atoms with E-state index in [2.05, 4.69) is 20.2 Å². The van der Waals surface area contributed by atoms with Gasteiger partial charge in [-0.25, -0.2) is 4.68 Å². The molecule has 184 valence electrons. The number of nitro benzene ring substituents is 1. The number of hydrogen-bond acceptors (Lipinski definition) is 7. The maximum atomic E-state index is 13.2. The minimum Gasteiger partial charge on any atom is -0.496 e. The number of nitrogens with zero attached hydrogens (tertiary/aromatic N) is 5. The van der Waals surface area contributed by atoms with Crippen LogP contribution in [0.1, 0.15) is 16.8 Å². The van der Waals surface area contributed by atoms with Crippen molar-refractivity contribution in [1.82, 2.24) is 14.7 Å². The van der Waals surface area contributed by atoms with E-state index in [1.807, 2.05) is 60.7 Å². The monoisotopic (exact) mass is 486 g/mol. The quantitative estimate of drug-likeness (QED) is 0.181. The standard InChI is InChI=1S/C26H26N6O4/c1-19-25(28-27-23-14-13-22(36-2)15-24(23)32(34)35)26(33)31(29-19)18-30(16-20-9-5-3-6-10-20)17-21-11-7-4-8-12-21/h3-15,29H,16-18H2,1-2H3. The molecule has 4 rings (SSSR count). The first-order chi connectivity index (χ1) is 17.4. The van der Waals surface area contributed by atoms with Crippen molar-refractivity contribution >= 4 is 17.1 Å². The first-order valence-corrected chi connectivity index (χ1v) is 11.3. The van der Waals surface area contributed by atoms with E-state index < -0.39 is 4.92 Å². The highest BCUT2D eigenvalue weighted by Gasteiger charge is 2.18. The van der Waals surface area contributed by atoms with Gasteiger partial charge in [-0.05, 0) is 30.2 Å². The number of H-pyrrole nitrogens is 1. The normalized spacial score (nSPS) is 11.3. The van der Waals surface area contributed by atoms with Gasteiger partial charge in [0.15, 0.2) is 11.4 Å². The summed E-state index contributed by atoms with van der Waals surface area (Å²) in [6.07, 6.45) is 0. The predicted molar refractivity (Wildman–Crippen MR) is 136 cm³/mol. The van der Waals surface area contributed by atoms with Crippen molar-refractivity contribution in [2.75, 3.05) is 7.11 Å². The predicted octanol–water partition coefficient (Wildman–Crippen LogP) is 5.48. The summed E-state index contributed by atoms with van der Waals surface area (Å²) in [6, 6.07) is 24.3. The molecule has 4 aromatic rings. The zero-order chi connectivity index (χ0) is 25.5. The summed E-state index contributed by atoms with van der Waals surface area (Å²) in [5, 5.41) is 22.6. The highest BCUT2D eigenvalue weighted by Crippen LogP contribution is 2.32. The van der Waals surface area contributed by atoms with Crippen LogP contribution in [0.5, 0.6) is 5.75 Å². The Hall–Kier alpha value is -4.57. The van der Waals surface area contributed by atoms with Gasteiger partial charge < -0.3 is 4.74 Å². The Kier molecular flexibility index (Phi) is 7.66. The second-order valence-electron chi connectivity index (χ2n) is 8.23. The van der Waals surface area contributed by atoms with Gasteiger partial charge in [-0.3, -0.25) is 24.9 Å². The summed E-state index contributed by atoms with van der Waals surface area (Å²) >= 11 is 0. The van der Waals surface area contributed by atoms with Gasteiger partial charge >= 0.3 is 0 Å². The van der Waals surface area contributed by atoms with Crippen molar-refractivity contribution in [3.8, 4) is 5.75 Å². The minimum absolute atomic E-state index is 0.0298. The Morgan fingerprint density at radius 2 is 1.58 bits per heavy atom. The minimum atomic E-state index is -0.565. The molecule has 0 bridgehead atoms. The van der Waals surface area contributed by atoms with Gasteiger partial charge in [0.25, 0.3) is 11.2 Å². The number of nitrogens with one attached hydrogen (secondary N) is 1. The second kappa shape index (κ2) is 11.2. The molecule has 0 spiro atoms. The summed E-state index contributed by atoms with van der Waals surface area (Å²) in [5.41, 5.74) is 2.26. The van der Waals surface area contributed by atoms with E-state index in [0.717, 1.165) is 11.1 Å². The van der Waals surface area contributed by atoms with Crippen LogP contribution < -0.4 is 10.3 Å². The van der Waals surface area contributed by atoms with Crippen LogP contribution in [-0.4, -0.2) is 26.7 Å². The van der Waals surface area contributed by atoms with Gasteiger partial charge in [0, 0.05) is 13.1 Å². The molecule has 36 heavy (non-hydrogen) atoms. The van der Waals surface area contributed by atoms with Crippen LogP contribution in [0.25, 0.3) is 0 Å². The molecule has 1 aromatic heterocycles. The summed E-state index contributed by atoms with van der Waals surface area (Å²) in [6.45, 7) is 3.28. The molecule has 0 aliphatic rings. The van der Waals surface area contributed by atoms with Crippen molar-refractivity contribution in [2.45, 2.75) is 26.7 Å². The fourth-order valence-electron chi connectivity index (χ4n) is 3.82. The zero-order valence-corrected chi connectivity index (χ0v) is 20.0. The smallest absolute Gasteiger partial charge is 0.300 e. The first kappa shape index (κ1) is 24.6.